The molecule has 1 aliphatic rings. The van der Waals surface area contributed by atoms with Crippen molar-refractivity contribution in [1.29, 1.82) is 0 Å². The number of pyridine rings is 1. The lowest BCUT2D eigenvalue weighted by molar-refractivity contribution is -0.347. The third-order valence-electron chi connectivity index (χ3n) is 4.87. The highest BCUT2D eigenvalue weighted by molar-refractivity contribution is 7.91. The van der Waals surface area contributed by atoms with Gasteiger partial charge in [-0.15, -0.1) is 0 Å². The minimum absolute atomic E-state index is 0.304. The second kappa shape index (κ2) is 6.56. The van der Waals surface area contributed by atoms with E-state index < -0.39 is 9.84 Å². The van der Waals surface area contributed by atoms with Gasteiger partial charge < -0.3 is 4.90 Å². The van der Waals surface area contributed by atoms with Gasteiger partial charge in [0.25, 0.3) is 0 Å². The third kappa shape index (κ3) is 2.95. The normalized spacial score (nSPS) is 14.9. The number of rotatable bonds is 3. The maximum Gasteiger partial charge on any atom is 0.214 e. The van der Waals surface area contributed by atoms with Crippen LogP contribution in [0.5, 0.6) is 0 Å². The molecule has 1 N–H and O–H groups in total. The number of H-pyrrole nitrogens is 1. The van der Waals surface area contributed by atoms with Gasteiger partial charge in [0, 0.05) is 24.2 Å². The first kappa shape index (κ1) is 17.3. The number of hydrogen-bond donors (Lipinski definition) is 0. The van der Waals surface area contributed by atoms with Gasteiger partial charge in [-0.05, 0) is 44.0 Å². The molecule has 1 aliphatic heterocycles. The smallest absolute Gasteiger partial charge is 0.214 e. The quantitative estimate of drug-likeness (QED) is 0.681. The predicted octanol–water partition coefficient (Wildman–Crippen LogP) is 4.05. The Morgan fingerprint density at radius 2 is 1.73 bits per heavy atom. The molecule has 26 heavy (non-hydrogen) atoms. The minimum atomic E-state index is -3.64. The van der Waals surface area contributed by atoms with E-state index in [0.29, 0.717) is 14.8 Å². The highest BCUT2D eigenvalue weighted by Gasteiger charge is 2.30. The lowest BCUT2D eigenvalue weighted by atomic mass is 10.1. The van der Waals surface area contributed by atoms with Gasteiger partial charge in [0.2, 0.25) is 15.4 Å². The predicted molar refractivity (Wildman–Crippen MR) is 104 cm³/mol. The minimum Gasteiger partial charge on any atom is -0.370 e. The first-order valence-electron chi connectivity index (χ1n) is 8.67. The average molecular weight is 388 g/mol. The van der Waals surface area contributed by atoms with Crippen LogP contribution in [0, 0.1) is 6.92 Å². The molecule has 4 rings (SSSR count). The van der Waals surface area contributed by atoms with E-state index in [1.165, 1.54) is 0 Å². The van der Waals surface area contributed by atoms with Gasteiger partial charge >= 0.3 is 0 Å². The molecule has 1 saturated heterocycles. The van der Waals surface area contributed by atoms with Gasteiger partial charge in [0.15, 0.2) is 11.1 Å². The first-order chi connectivity index (χ1) is 12.5. The second-order valence-electron chi connectivity index (χ2n) is 6.70. The topological polar surface area (TPSA) is 51.5 Å². The Kier molecular flexibility index (Phi) is 4.37. The summed E-state index contributed by atoms with van der Waals surface area (Å²) in [5.41, 5.74) is 2.65. The molecule has 2 heterocycles. The number of aromatic amines is 1. The van der Waals surface area contributed by atoms with Crippen molar-refractivity contribution in [3.63, 3.8) is 0 Å². The summed E-state index contributed by atoms with van der Waals surface area (Å²) in [6, 6.07) is 12.5. The zero-order valence-electron chi connectivity index (χ0n) is 14.5. The molecule has 0 saturated carbocycles. The van der Waals surface area contributed by atoms with Crippen molar-refractivity contribution in [1.82, 2.24) is 0 Å². The van der Waals surface area contributed by atoms with E-state index in [1.54, 1.807) is 18.3 Å². The van der Waals surface area contributed by atoms with Gasteiger partial charge in [-0.2, -0.15) is 0 Å². The number of halogens is 1. The summed E-state index contributed by atoms with van der Waals surface area (Å²) in [5.74, 6) is 0. The van der Waals surface area contributed by atoms with Crippen molar-refractivity contribution in [3.05, 3.63) is 59.2 Å². The largest absolute Gasteiger partial charge is 0.370 e. The Hall–Kier alpha value is -2.11. The third-order valence-corrected chi connectivity index (χ3v) is 6.89. The molecule has 3 aromatic rings. The van der Waals surface area contributed by atoms with E-state index in [1.807, 2.05) is 37.3 Å². The summed E-state index contributed by atoms with van der Waals surface area (Å²) >= 11 is 6.22. The first-order valence-corrected chi connectivity index (χ1v) is 10.5. The molecule has 0 aliphatic carbocycles. The maximum atomic E-state index is 13.4. The van der Waals surface area contributed by atoms with Gasteiger partial charge in [-0.25, -0.2) is 13.4 Å². The molecule has 0 bridgehead atoms. The zero-order chi connectivity index (χ0) is 18.3. The van der Waals surface area contributed by atoms with Crippen LogP contribution in [0.3, 0.4) is 0 Å². The Labute approximate surface area is 158 Å². The fourth-order valence-electron chi connectivity index (χ4n) is 3.50. The number of aryl methyl sites for hydroxylation is 1. The Morgan fingerprint density at radius 3 is 2.42 bits per heavy atom. The molecule has 0 spiro atoms. The molecule has 0 radical (unpaired) electrons. The van der Waals surface area contributed by atoms with Crippen LogP contribution in [0.25, 0.3) is 10.9 Å². The average Bonchev–Trinajstić information content (AvgIpc) is 3.15. The van der Waals surface area contributed by atoms with E-state index in [-0.39, 0.29) is 0 Å². The zero-order valence-corrected chi connectivity index (χ0v) is 16.1. The van der Waals surface area contributed by atoms with E-state index >= 15 is 0 Å². The van der Waals surface area contributed by atoms with E-state index in [2.05, 4.69) is 9.88 Å². The van der Waals surface area contributed by atoms with Gasteiger partial charge in [0.1, 0.15) is 0 Å². The van der Waals surface area contributed by atoms with Crippen LogP contribution in [0.15, 0.2) is 58.5 Å². The molecule has 134 valence electrons. The van der Waals surface area contributed by atoms with Crippen molar-refractivity contribution in [2.24, 2.45) is 0 Å². The van der Waals surface area contributed by atoms with Crippen LogP contribution >= 0.6 is 11.6 Å². The van der Waals surface area contributed by atoms with E-state index in [4.69, 9.17) is 11.6 Å². The van der Waals surface area contributed by atoms with Gasteiger partial charge in [0.05, 0.1) is 16.0 Å². The standard InChI is InChI=1S/C20H19ClN2O2S/c1-14-4-7-16(8-5-14)26(24,25)19-13-22-18-9-6-15(21)12-17(18)20(19)23-10-2-3-11-23/h4-9,12-13H,2-3,10-11H2,1H3/p+1. The molecule has 4 nitrogen and oxygen atoms in total. The van der Waals surface area contributed by atoms with Gasteiger partial charge in [-0.3, -0.25) is 0 Å². The molecule has 0 unspecified atom stereocenters. The number of hydrogen-bond acceptors (Lipinski definition) is 3. The number of anilines is 1. The van der Waals surface area contributed by atoms with Crippen LogP contribution in [-0.2, 0) is 9.84 Å². The van der Waals surface area contributed by atoms with Gasteiger partial charge in [-0.1, -0.05) is 29.3 Å². The summed E-state index contributed by atoms with van der Waals surface area (Å²) in [6.45, 7) is 3.64. The van der Waals surface area contributed by atoms with Crippen molar-refractivity contribution >= 4 is 38.0 Å². The van der Waals surface area contributed by atoms with Crippen LogP contribution in [0.2, 0.25) is 5.02 Å². The Balaban J connectivity index is 1.99. The van der Waals surface area contributed by atoms with E-state index in [0.717, 1.165) is 48.1 Å². The molecule has 0 amide bonds. The van der Waals surface area contributed by atoms with Crippen LogP contribution in [0.1, 0.15) is 18.4 Å². The van der Waals surface area contributed by atoms with Crippen molar-refractivity contribution < 1.29 is 13.4 Å². The molecule has 6 heteroatoms. The molecular formula is C20H20ClN2O2S+. The van der Waals surface area contributed by atoms with Crippen LogP contribution < -0.4 is 9.88 Å². The lowest BCUT2D eigenvalue weighted by Crippen LogP contribution is -2.23. The fourth-order valence-corrected chi connectivity index (χ4v) is 5.13. The number of aromatic nitrogens is 1. The Bertz CT molecular complexity index is 1070. The maximum absolute atomic E-state index is 13.4. The highest BCUT2D eigenvalue weighted by Crippen LogP contribution is 2.37. The molecular weight excluding hydrogens is 368 g/mol. The van der Waals surface area contributed by atoms with Crippen LogP contribution in [-0.4, -0.2) is 21.5 Å². The van der Waals surface area contributed by atoms with E-state index in [9.17, 15) is 8.42 Å². The number of sulfone groups is 1. The number of benzene rings is 2. The van der Waals surface area contributed by atoms with Crippen molar-refractivity contribution in [2.45, 2.75) is 29.6 Å². The highest BCUT2D eigenvalue weighted by atomic mass is 35.5. The summed E-state index contributed by atoms with van der Waals surface area (Å²) in [7, 11) is -3.64. The number of nitrogens with one attached hydrogen (secondary N) is 1. The monoisotopic (exact) mass is 387 g/mol. The summed E-state index contributed by atoms with van der Waals surface area (Å²) < 4.78 is 26.7. The molecule has 1 aromatic heterocycles. The number of nitrogens with zero attached hydrogens (tertiary/aromatic N) is 1. The number of fused-ring (bicyclic) bond motifs is 1. The summed E-state index contributed by atoms with van der Waals surface area (Å²) in [6.07, 6.45) is 3.73. The molecule has 2 aromatic carbocycles. The Morgan fingerprint density at radius 1 is 1.04 bits per heavy atom. The van der Waals surface area contributed by atoms with Crippen molar-refractivity contribution in [3.8, 4) is 0 Å². The van der Waals surface area contributed by atoms with Crippen LogP contribution in [0.4, 0.5) is 5.69 Å². The SMILES string of the molecule is Cc1ccc(S(=O)(=O)c2c[nH+]c3ccc(Cl)cc3c2N2CCCC2)cc1. The lowest BCUT2D eigenvalue weighted by Gasteiger charge is -2.21. The molecule has 1 fully saturated rings. The fraction of sp³-hybridized carbons (Fsp3) is 0.250. The molecule has 0 atom stereocenters. The van der Waals surface area contributed by atoms with Crippen molar-refractivity contribution in [2.75, 3.05) is 18.0 Å². The second-order valence-corrected chi connectivity index (χ2v) is 9.06. The summed E-state index contributed by atoms with van der Waals surface area (Å²) in [4.78, 5) is 5.90. The summed E-state index contributed by atoms with van der Waals surface area (Å²) in [5, 5.41) is 1.43.